The van der Waals surface area contributed by atoms with Crippen LogP contribution in [0.1, 0.15) is 17.5 Å². The van der Waals surface area contributed by atoms with E-state index in [9.17, 15) is 22.8 Å². The fraction of sp³-hybridized carbons (Fsp3) is 0.222. The molecule has 2 N–H and O–H groups in total. The molecule has 2 aromatic carbocycles. The highest BCUT2D eigenvalue weighted by Gasteiger charge is 2.38. The molecule has 2 rings (SSSR count). The van der Waals surface area contributed by atoms with Gasteiger partial charge in [0.25, 0.3) is 0 Å². The third kappa shape index (κ3) is 6.18. The molecule has 2 amide bonds. The van der Waals surface area contributed by atoms with Crippen LogP contribution in [-0.2, 0) is 22.6 Å². The first-order valence-corrected chi connectivity index (χ1v) is 8.52. The number of alkyl halides is 3. The lowest BCUT2D eigenvalue weighted by molar-refractivity contribution is -0.173. The number of nitrogens with one attached hydrogen (secondary N) is 2. The molecule has 0 aliphatic carbocycles. The van der Waals surface area contributed by atoms with Crippen LogP contribution in [0.25, 0.3) is 0 Å². The van der Waals surface area contributed by atoms with Crippen LogP contribution >= 0.6 is 15.9 Å². The number of hydrogen-bond acceptors (Lipinski definition) is 2. The van der Waals surface area contributed by atoms with Gasteiger partial charge in [-0.15, -0.1) is 0 Å². The van der Waals surface area contributed by atoms with Gasteiger partial charge in [-0.25, -0.2) is 0 Å². The van der Waals surface area contributed by atoms with Crippen molar-refractivity contribution in [3.05, 3.63) is 64.1 Å². The molecule has 2 aromatic rings. The van der Waals surface area contributed by atoms with Crippen LogP contribution in [0.15, 0.2) is 53.0 Å². The lowest BCUT2D eigenvalue weighted by atomic mass is 10.1. The van der Waals surface area contributed by atoms with E-state index in [1.54, 1.807) is 23.5 Å². The average Bonchev–Trinajstić information content (AvgIpc) is 2.58. The summed E-state index contributed by atoms with van der Waals surface area (Å²) in [5, 5.41) is 4.49. The molecule has 0 unspecified atom stereocenters. The molecule has 0 aliphatic heterocycles. The second-order valence-corrected chi connectivity index (χ2v) is 6.37. The van der Waals surface area contributed by atoms with Gasteiger partial charge in [-0.2, -0.15) is 13.2 Å². The maximum atomic E-state index is 12.2. The van der Waals surface area contributed by atoms with Crippen LogP contribution in [0.4, 0.5) is 18.9 Å². The van der Waals surface area contributed by atoms with Crippen LogP contribution in [-0.4, -0.2) is 18.0 Å². The Kier molecular flexibility index (Phi) is 6.79. The fourth-order valence-corrected chi connectivity index (χ4v) is 2.70. The first-order chi connectivity index (χ1) is 12.3. The highest BCUT2D eigenvalue weighted by atomic mass is 79.9. The van der Waals surface area contributed by atoms with E-state index in [4.69, 9.17) is 0 Å². The fourth-order valence-electron chi connectivity index (χ4n) is 2.21. The molecule has 0 saturated carbocycles. The molecule has 0 bridgehead atoms. The Bertz CT molecular complexity index is 794. The van der Waals surface area contributed by atoms with Crippen molar-refractivity contribution in [3.8, 4) is 0 Å². The van der Waals surface area contributed by atoms with Crippen LogP contribution < -0.4 is 10.6 Å². The number of carbonyl (C=O) groups excluding carboxylic acids is 2. The first kappa shape index (κ1) is 20.0. The van der Waals surface area contributed by atoms with E-state index in [-0.39, 0.29) is 18.9 Å². The molecule has 0 atom stereocenters. The van der Waals surface area contributed by atoms with Gasteiger partial charge in [0.15, 0.2) is 0 Å². The third-order valence-corrected chi connectivity index (χ3v) is 4.27. The number of benzene rings is 2. The summed E-state index contributed by atoms with van der Waals surface area (Å²) in [6, 6.07) is 13.9. The summed E-state index contributed by atoms with van der Waals surface area (Å²) in [6.07, 6.45) is -4.11. The van der Waals surface area contributed by atoms with E-state index in [1.807, 2.05) is 24.3 Å². The van der Waals surface area contributed by atoms with Crippen LogP contribution in [0.2, 0.25) is 0 Å². The maximum Gasteiger partial charge on any atom is 0.471 e. The zero-order valence-corrected chi connectivity index (χ0v) is 15.2. The number of amides is 2. The molecule has 0 aromatic heterocycles. The Morgan fingerprint density at radius 3 is 2.46 bits per heavy atom. The highest BCUT2D eigenvalue weighted by molar-refractivity contribution is 9.10. The van der Waals surface area contributed by atoms with Gasteiger partial charge in [0, 0.05) is 23.1 Å². The quantitative estimate of drug-likeness (QED) is 0.724. The van der Waals surface area contributed by atoms with E-state index in [2.05, 4.69) is 21.2 Å². The highest BCUT2D eigenvalue weighted by Crippen LogP contribution is 2.18. The molecular formula is C18H16BrF3N2O2. The van der Waals surface area contributed by atoms with E-state index in [0.29, 0.717) is 17.7 Å². The van der Waals surface area contributed by atoms with Crippen molar-refractivity contribution in [2.75, 3.05) is 5.32 Å². The number of carbonyl (C=O) groups is 2. The minimum absolute atomic E-state index is 0.211. The number of rotatable bonds is 6. The Balaban J connectivity index is 1.88. The average molecular weight is 429 g/mol. The number of aryl methyl sites for hydroxylation is 1. The first-order valence-electron chi connectivity index (χ1n) is 7.73. The van der Waals surface area contributed by atoms with E-state index >= 15 is 0 Å². The van der Waals surface area contributed by atoms with Crippen LogP contribution in [0.3, 0.4) is 0 Å². The molecular weight excluding hydrogens is 413 g/mol. The Hall–Kier alpha value is -2.35. The van der Waals surface area contributed by atoms with Crippen molar-refractivity contribution < 1.29 is 22.8 Å². The Labute approximate surface area is 156 Å². The van der Waals surface area contributed by atoms with Crippen LogP contribution in [0, 0.1) is 0 Å². The largest absolute Gasteiger partial charge is 0.471 e. The topological polar surface area (TPSA) is 58.2 Å². The Morgan fingerprint density at radius 2 is 1.77 bits per heavy atom. The molecule has 0 radical (unpaired) electrons. The Morgan fingerprint density at radius 1 is 1.04 bits per heavy atom. The summed E-state index contributed by atoms with van der Waals surface area (Å²) in [5.41, 5.74) is 1.92. The molecule has 0 heterocycles. The van der Waals surface area contributed by atoms with Gasteiger partial charge < -0.3 is 10.6 Å². The summed E-state index contributed by atoms with van der Waals surface area (Å²) >= 11 is 3.42. The van der Waals surface area contributed by atoms with Gasteiger partial charge in [0.05, 0.1) is 0 Å². The van der Waals surface area contributed by atoms with Crippen molar-refractivity contribution in [3.63, 3.8) is 0 Å². The summed E-state index contributed by atoms with van der Waals surface area (Å²) in [4.78, 5) is 22.9. The van der Waals surface area contributed by atoms with E-state index < -0.39 is 12.1 Å². The summed E-state index contributed by atoms with van der Waals surface area (Å²) in [7, 11) is 0. The maximum absolute atomic E-state index is 12.2. The van der Waals surface area contributed by atoms with Crippen molar-refractivity contribution >= 4 is 33.4 Å². The van der Waals surface area contributed by atoms with E-state index in [1.165, 1.54) is 6.07 Å². The number of hydrogen-bond donors (Lipinski definition) is 2. The molecule has 4 nitrogen and oxygen atoms in total. The predicted molar refractivity (Wildman–Crippen MR) is 95.4 cm³/mol. The number of anilines is 1. The smallest absolute Gasteiger partial charge is 0.344 e. The minimum Gasteiger partial charge on any atom is -0.344 e. The van der Waals surface area contributed by atoms with Gasteiger partial charge in [0.2, 0.25) is 5.91 Å². The summed E-state index contributed by atoms with van der Waals surface area (Å²) < 4.78 is 37.5. The van der Waals surface area contributed by atoms with E-state index in [0.717, 1.165) is 10.0 Å². The molecule has 138 valence electrons. The zero-order chi connectivity index (χ0) is 19.2. The molecule has 8 heteroatoms. The SMILES string of the molecule is O=C(CCc1ccccc1Br)Nc1cccc(CNC(=O)C(F)(F)F)c1. The molecule has 26 heavy (non-hydrogen) atoms. The third-order valence-electron chi connectivity index (χ3n) is 3.50. The van der Waals surface area contributed by atoms with Gasteiger partial charge in [-0.3, -0.25) is 9.59 Å². The van der Waals surface area contributed by atoms with Gasteiger partial charge in [-0.05, 0) is 35.7 Å². The molecule has 0 spiro atoms. The number of halogens is 4. The molecule has 0 saturated heterocycles. The normalized spacial score (nSPS) is 11.1. The lowest BCUT2D eigenvalue weighted by Crippen LogP contribution is -2.36. The van der Waals surface area contributed by atoms with Gasteiger partial charge in [-0.1, -0.05) is 46.3 Å². The monoisotopic (exact) mass is 428 g/mol. The second-order valence-electron chi connectivity index (χ2n) is 5.52. The van der Waals surface area contributed by atoms with Crippen molar-refractivity contribution in [1.29, 1.82) is 0 Å². The van der Waals surface area contributed by atoms with Crippen molar-refractivity contribution in [2.24, 2.45) is 0 Å². The lowest BCUT2D eigenvalue weighted by Gasteiger charge is -2.10. The zero-order valence-electron chi connectivity index (χ0n) is 13.6. The summed E-state index contributed by atoms with van der Waals surface area (Å²) in [6.45, 7) is -0.279. The van der Waals surface area contributed by atoms with Gasteiger partial charge in [0.1, 0.15) is 0 Å². The summed E-state index contributed by atoms with van der Waals surface area (Å²) in [5.74, 6) is -2.21. The van der Waals surface area contributed by atoms with Gasteiger partial charge >= 0.3 is 12.1 Å². The van der Waals surface area contributed by atoms with Crippen molar-refractivity contribution in [2.45, 2.75) is 25.6 Å². The molecule has 0 fully saturated rings. The predicted octanol–water partition coefficient (Wildman–Crippen LogP) is 4.20. The molecule has 0 aliphatic rings. The van der Waals surface area contributed by atoms with Crippen molar-refractivity contribution in [1.82, 2.24) is 5.32 Å². The second kappa shape index (κ2) is 8.84. The standard InChI is InChI=1S/C18H16BrF3N2O2/c19-15-7-2-1-5-13(15)8-9-16(25)24-14-6-3-4-12(10-14)11-23-17(26)18(20,21)22/h1-7,10H,8-9,11H2,(H,23,26)(H,24,25). The minimum atomic E-state index is -4.92. The van der Waals surface area contributed by atoms with Crippen LogP contribution in [0.5, 0.6) is 0 Å².